The molecule has 0 saturated heterocycles. The van der Waals surface area contributed by atoms with Crippen LogP contribution < -0.4 is 5.73 Å². The molecule has 202 valence electrons. The van der Waals surface area contributed by atoms with Crippen molar-refractivity contribution in [3.8, 4) is 0 Å². The number of methoxy groups -OCH3 is 1. The van der Waals surface area contributed by atoms with Crippen LogP contribution in [0.1, 0.15) is 54.6 Å². The number of rotatable bonds is 6. The van der Waals surface area contributed by atoms with Gasteiger partial charge in [0.25, 0.3) is 5.91 Å². The van der Waals surface area contributed by atoms with Crippen molar-refractivity contribution in [2.45, 2.75) is 58.6 Å². The van der Waals surface area contributed by atoms with Gasteiger partial charge >= 0.3 is 0 Å². The first-order valence-corrected chi connectivity index (χ1v) is 12.7. The van der Waals surface area contributed by atoms with Crippen molar-refractivity contribution >= 4 is 40.4 Å². The molecule has 5 rings (SSSR count). The number of nitrogens with zero attached hydrogens (tertiary/aromatic N) is 2. The summed E-state index contributed by atoms with van der Waals surface area (Å²) in [6.45, 7) is 5.38. The van der Waals surface area contributed by atoms with E-state index in [4.69, 9.17) is 15.1 Å². The predicted molar refractivity (Wildman–Crippen MR) is 140 cm³/mol. The number of ether oxygens (including phenoxy) is 1. The molecule has 4 N–H and O–H groups in total. The highest BCUT2D eigenvalue weighted by molar-refractivity contribution is 6.35. The van der Waals surface area contributed by atoms with Crippen molar-refractivity contribution in [1.29, 1.82) is 5.41 Å². The SMILES string of the molecule is CC(=N)C(N)=O.CC[C@@](O)(C=O)C1C=C2c3nc4cc(F)c(C)c5c4c(c3CN2C(=O)C1COC)CCC5. The average Bonchev–Trinajstić information content (AvgIpc) is 3.27. The molecule has 2 aromatic rings. The van der Waals surface area contributed by atoms with Gasteiger partial charge in [-0.25, -0.2) is 9.37 Å². The molecule has 9 nitrogen and oxygen atoms in total. The molecule has 10 heteroatoms. The number of carbonyl (C=O) groups is 3. The number of aldehydes is 1. The molecule has 0 spiro atoms. The molecule has 1 aliphatic carbocycles. The van der Waals surface area contributed by atoms with Gasteiger partial charge in [-0.2, -0.15) is 0 Å². The van der Waals surface area contributed by atoms with Gasteiger partial charge in [-0.15, -0.1) is 0 Å². The Morgan fingerprint density at radius 2 is 2.03 bits per heavy atom. The number of halogens is 1. The maximum absolute atomic E-state index is 14.6. The zero-order valence-electron chi connectivity index (χ0n) is 22.1. The fourth-order valence-corrected chi connectivity index (χ4v) is 5.73. The molecule has 1 aromatic carbocycles. The Balaban J connectivity index is 0.000000505. The Labute approximate surface area is 220 Å². The minimum absolute atomic E-state index is 0.102. The third-order valence-electron chi connectivity index (χ3n) is 7.94. The number of pyridine rings is 1. The average molecular weight is 525 g/mol. The third kappa shape index (κ3) is 4.41. The monoisotopic (exact) mass is 524 g/mol. The fraction of sp³-hybridized carbons (Fsp3) is 0.464. The number of hydrogen-bond acceptors (Lipinski definition) is 7. The van der Waals surface area contributed by atoms with Crippen LogP contribution in [-0.4, -0.2) is 58.1 Å². The summed E-state index contributed by atoms with van der Waals surface area (Å²) < 4.78 is 19.9. The van der Waals surface area contributed by atoms with E-state index < -0.39 is 23.3 Å². The third-order valence-corrected chi connectivity index (χ3v) is 7.94. The summed E-state index contributed by atoms with van der Waals surface area (Å²) in [4.78, 5) is 41.6. The van der Waals surface area contributed by atoms with E-state index in [1.165, 1.54) is 20.1 Å². The van der Waals surface area contributed by atoms with Crippen LogP contribution in [-0.2, 0) is 38.5 Å². The number of aliphatic hydroxyl groups is 1. The minimum Gasteiger partial charge on any atom is -0.384 e. The Bertz CT molecular complexity index is 1380. The first-order valence-electron chi connectivity index (χ1n) is 12.7. The van der Waals surface area contributed by atoms with Gasteiger partial charge in [0.15, 0.2) is 6.29 Å². The molecule has 3 heterocycles. The van der Waals surface area contributed by atoms with Crippen molar-refractivity contribution in [1.82, 2.24) is 9.88 Å². The number of aryl methyl sites for hydroxylation is 2. The Morgan fingerprint density at radius 1 is 1.37 bits per heavy atom. The van der Waals surface area contributed by atoms with Crippen LogP contribution in [0.25, 0.3) is 16.6 Å². The number of fused-ring (bicyclic) bond motifs is 4. The van der Waals surface area contributed by atoms with E-state index >= 15 is 0 Å². The van der Waals surface area contributed by atoms with Crippen LogP contribution in [0.3, 0.4) is 0 Å². The summed E-state index contributed by atoms with van der Waals surface area (Å²) in [5, 5.41) is 18.5. The molecule has 2 unspecified atom stereocenters. The van der Waals surface area contributed by atoms with Crippen molar-refractivity contribution < 1.29 is 28.6 Å². The smallest absolute Gasteiger partial charge is 0.262 e. The normalized spacial score (nSPS) is 21.1. The van der Waals surface area contributed by atoms with Gasteiger partial charge in [0.05, 0.1) is 41.7 Å². The highest BCUT2D eigenvalue weighted by Gasteiger charge is 2.49. The van der Waals surface area contributed by atoms with E-state index in [1.54, 1.807) is 17.9 Å². The summed E-state index contributed by atoms with van der Waals surface area (Å²) in [6.07, 6.45) is 5.10. The second-order valence-corrected chi connectivity index (χ2v) is 10.1. The van der Waals surface area contributed by atoms with Gasteiger partial charge in [0.1, 0.15) is 11.4 Å². The largest absolute Gasteiger partial charge is 0.384 e. The van der Waals surface area contributed by atoms with Crippen molar-refractivity contribution in [2.24, 2.45) is 17.6 Å². The Hall–Kier alpha value is -3.50. The molecule has 0 saturated carbocycles. The summed E-state index contributed by atoms with van der Waals surface area (Å²) in [5.41, 5.74) is 8.46. The standard InChI is InChI=1S/C25H27FN2O4.C3H6N2O/c1-4-25(31,12-29)18-8-21-23-16(10-28(21)24(30)17(18)11-32-3)15-7-5-6-14-13(2)19(26)9-20(27-23)22(14)15;1-2(4)3(5)6/h8-9,12,17-18,31H,4-7,10-11H2,1-3H3;4H,1H3,(H2,5,6)/t17?,18?,25-;/m1./s1. The minimum atomic E-state index is -1.68. The van der Waals surface area contributed by atoms with Crippen LogP contribution in [0.5, 0.6) is 0 Å². The summed E-state index contributed by atoms with van der Waals surface area (Å²) >= 11 is 0. The zero-order valence-corrected chi connectivity index (χ0v) is 22.1. The van der Waals surface area contributed by atoms with E-state index in [0.717, 1.165) is 41.3 Å². The number of nitrogens with one attached hydrogen (secondary N) is 1. The predicted octanol–water partition coefficient (Wildman–Crippen LogP) is 2.60. The quantitative estimate of drug-likeness (QED) is 0.391. The maximum Gasteiger partial charge on any atom is 0.262 e. The van der Waals surface area contributed by atoms with Crippen molar-refractivity contribution in [3.05, 3.63) is 45.9 Å². The van der Waals surface area contributed by atoms with E-state index in [-0.39, 0.29) is 30.5 Å². The lowest BCUT2D eigenvalue weighted by Crippen LogP contribution is -2.51. The number of nitrogens with two attached hydrogens (primary N) is 1. The number of amides is 2. The maximum atomic E-state index is 14.6. The molecular formula is C28H33FN4O5. The summed E-state index contributed by atoms with van der Waals surface area (Å²) in [5.74, 6) is -2.51. The van der Waals surface area contributed by atoms with E-state index in [1.807, 2.05) is 6.92 Å². The van der Waals surface area contributed by atoms with Crippen LogP contribution in [0, 0.1) is 30.0 Å². The molecule has 3 atom stereocenters. The molecule has 3 aliphatic rings. The molecule has 0 radical (unpaired) electrons. The summed E-state index contributed by atoms with van der Waals surface area (Å²) in [6, 6.07) is 1.48. The van der Waals surface area contributed by atoms with Gasteiger partial charge in [0.2, 0.25) is 5.91 Å². The highest BCUT2D eigenvalue weighted by Crippen LogP contribution is 2.46. The van der Waals surface area contributed by atoms with Crippen LogP contribution in [0.4, 0.5) is 4.39 Å². The van der Waals surface area contributed by atoms with E-state index in [9.17, 15) is 23.9 Å². The van der Waals surface area contributed by atoms with Crippen molar-refractivity contribution in [3.63, 3.8) is 0 Å². The van der Waals surface area contributed by atoms with Gasteiger partial charge in [-0.3, -0.25) is 15.0 Å². The lowest BCUT2D eigenvalue weighted by Gasteiger charge is -2.39. The molecule has 38 heavy (non-hydrogen) atoms. The highest BCUT2D eigenvalue weighted by atomic mass is 19.1. The first-order chi connectivity index (χ1) is 18.0. The second-order valence-electron chi connectivity index (χ2n) is 10.1. The molecule has 2 aliphatic heterocycles. The molecule has 0 bridgehead atoms. The molecule has 2 amide bonds. The van der Waals surface area contributed by atoms with E-state index in [0.29, 0.717) is 35.3 Å². The molecular weight excluding hydrogens is 491 g/mol. The number of primary amides is 1. The fourth-order valence-electron chi connectivity index (χ4n) is 5.73. The van der Waals surface area contributed by atoms with Gasteiger partial charge in [0, 0.05) is 30.0 Å². The number of hydrogen-bond donors (Lipinski definition) is 3. The lowest BCUT2D eigenvalue weighted by atomic mass is 9.74. The molecule has 0 fully saturated rings. The first kappa shape index (κ1) is 27.5. The van der Waals surface area contributed by atoms with Crippen LogP contribution in [0.15, 0.2) is 12.1 Å². The summed E-state index contributed by atoms with van der Waals surface area (Å²) in [7, 11) is 1.50. The van der Waals surface area contributed by atoms with Gasteiger partial charge < -0.3 is 25.3 Å². The number of aromatic nitrogens is 1. The number of benzene rings is 1. The Morgan fingerprint density at radius 3 is 2.61 bits per heavy atom. The van der Waals surface area contributed by atoms with Crippen LogP contribution in [0.2, 0.25) is 0 Å². The van der Waals surface area contributed by atoms with Crippen LogP contribution >= 0.6 is 0 Å². The Kier molecular flexibility index (Phi) is 7.49. The topological polar surface area (TPSA) is 147 Å². The lowest BCUT2D eigenvalue weighted by molar-refractivity contribution is -0.145. The molecule has 1 aromatic heterocycles. The van der Waals surface area contributed by atoms with Crippen molar-refractivity contribution in [2.75, 3.05) is 13.7 Å². The second kappa shape index (κ2) is 10.3. The number of carbonyl (C=O) groups excluding carboxylic acids is 3. The van der Waals surface area contributed by atoms with E-state index in [2.05, 4.69) is 5.73 Å². The van der Waals surface area contributed by atoms with Gasteiger partial charge in [-0.1, -0.05) is 13.0 Å². The zero-order chi connectivity index (χ0) is 27.9. The van der Waals surface area contributed by atoms with Gasteiger partial charge in [-0.05, 0) is 56.2 Å².